The molecule has 0 bridgehead atoms. The minimum Gasteiger partial charge on any atom is -0.449 e. The van der Waals surface area contributed by atoms with Crippen LogP contribution in [0.5, 0.6) is 0 Å². The number of hydrogen-bond donors (Lipinski definition) is 2. The van der Waals surface area contributed by atoms with Gasteiger partial charge in [0.15, 0.2) is 0 Å². The number of amides is 5. The van der Waals surface area contributed by atoms with E-state index in [0.717, 1.165) is 17.7 Å². The largest absolute Gasteiger partial charge is 0.449 e. The van der Waals surface area contributed by atoms with Crippen molar-refractivity contribution in [2.24, 2.45) is 0 Å². The van der Waals surface area contributed by atoms with Crippen LogP contribution in [-0.2, 0) is 59.2 Å². The maximum absolute atomic E-state index is 15.7. The van der Waals surface area contributed by atoms with Gasteiger partial charge in [0.2, 0.25) is 17.4 Å². The molecule has 6 rings (SSSR count). The number of hydrogen-bond acceptors (Lipinski definition) is 10. The van der Waals surface area contributed by atoms with E-state index < -0.39 is 83.8 Å². The summed E-state index contributed by atoms with van der Waals surface area (Å²) in [4.78, 5) is 65.8. The van der Waals surface area contributed by atoms with Crippen LogP contribution >= 0.6 is 0 Å². The Balaban J connectivity index is 1.24. The lowest BCUT2D eigenvalue weighted by molar-refractivity contribution is -0.147. The maximum atomic E-state index is 15.7. The van der Waals surface area contributed by atoms with Crippen molar-refractivity contribution in [3.05, 3.63) is 77.4 Å². The molecule has 2 N–H and O–H groups in total. The molecule has 2 fully saturated rings. The number of halogens is 3. The highest BCUT2D eigenvalue weighted by atomic mass is 32.2. The van der Waals surface area contributed by atoms with Gasteiger partial charge >= 0.3 is 22.4 Å². The monoisotopic (exact) mass is 761 g/mol. The highest BCUT2D eigenvalue weighted by Crippen LogP contribution is 2.46. The van der Waals surface area contributed by atoms with Crippen LogP contribution in [0.15, 0.2) is 54.9 Å². The standard InChI is InChI=1S/C33H34F3N7O9S/c1-3-51-30(47)39-53(49,50)41-16-26(33(35,36)19-41)42(14-20-4-7-24(34)8-5-20)28(45)18-43-29(46)32(52-31(43)48)11-10-22-12-21(6-9-25(22)32)23-13-38-40(15-23)17-27(44)37-2/h4-9,12-13,15,26H,3,10-11,14,16-19H2,1-2H3,(H,37,44)(H,39,47)/t26?,32-/m1/s1. The van der Waals surface area contributed by atoms with Crippen LogP contribution in [0.3, 0.4) is 0 Å². The molecule has 2 aromatic carbocycles. The molecule has 3 aliphatic rings. The van der Waals surface area contributed by atoms with Crippen LogP contribution in [0.2, 0.25) is 0 Å². The summed E-state index contributed by atoms with van der Waals surface area (Å²) < 4.78 is 84.1. The molecule has 2 aliphatic heterocycles. The van der Waals surface area contributed by atoms with Crippen molar-refractivity contribution < 1.29 is 55.0 Å². The summed E-state index contributed by atoms with van der Waals surface area (Å²) in [6, 6.07) is 7.51. The second-order valence-corrected chi connectivity index (χ2v) is 14.3. The summed E-state index contributed by atoms with van der Waals surface area (Å²) in [7, 11) is -3.34. The van der Waals surface area contributed by atoms with Crippen molar-refractivity contribution in [1.82, 2.24) is 33.9 Å². The van der Waals surface area contributed by atoms with Gasteiger partial charge in [0.25, 0.3) is 11.8 Å². The van der Waals surface area contributed by atoms with Crippen LogP contribution in [0.25, 0.3) is 11.1 Å². The summed E-state index contributed by atoms with van der Waals surface area (Å²) in [6.07, 6.45) is 1.02. The second-order valence-electron chi connectivity index (χ2n) is 12.6. The Morgan fingerprint density at radius 2 is 1.83 bits per heavy atom. The topological polar surface area (TPSA) is 190 Å². The molecule has 3 heterocycles. The van der Waals surface area contributed by atoms with Gasteiger partial charge in [-0.1, -0.05) is 30.3 Å². The number of nitrogens with zero attached hydrogens (tertiary/aromatic N) is 5. The Morgan fingerprint density at radius 1 is 1.09 bits per heavy atom. The SMILES string of the molecule is CCOC(=O)NS(=O)(=O)N1CC(N(Cc2ccc(F)cc2)C(=O)CN2C(=O)O[C@@]3(CCc4cc(-c5cnn(CC(=O)NC)c5)ccc43)C2=O)C(F)(F)C1. The maximum Gasteiger partial charge on any atom is 0.421 e. The lowest BCUT2D eigenvalue weighted by atomic mass is 9.93. The van der Waals surface area contributed by atoms with E-state index in [2.05, 4.69) is 15.2 Å². The lowest BCUT2D eigenvalue weighted by Crippen LogP contribution is -2.53. The minimum absolute atomic E-state index is 0.00727. The van der Waals surface area contributed by atoms with Gasteiger partial charge in [-0.05, 0) is 42.2 Å². The van der Waals surface area contributed by atoms with Gasteiger partial charge in [0.05, 0.1) is 19.3 Å². The normalized spacial score (nSPS) is 20.7. The predicted octanol–water partition coefficient (Wildman–Crippen LogP) is 1.89. The lowest BCUT2D eigenvalue weighted by Gasteiger charge is -2.33. The van der Waals surface area contributed by atoms with Crippen LogP contribution in [0.1, 0.15) is 30.0 Å². The summed E-state index contributed by atoms with van der Waals surface area (Å²) in [6.45, 7) is -2.78. The third-order valence-corrected chi connectivity index (χ3v) is 10.6. The van der Waals surface area contributed by atoms with Crippen LogP contribution < -0.4 is 10.0 Å². The average Bonchev–Trinajstić information content (AvgIpc) is 3.86. The molecule has 282 valence electrons. The number of aromatic nitrogens is 2. The molecule has 16 nitrogen and oxygen atoms in total. The predicted molar refractivity (Wildman–Crippen MR) is 176 cm³/mol. The number of ether oxygens (including phenoxy) is 2. The Kier molecular flexibility index (Phi) is 9.94. The number of carbonyl (C=O) groups is 5. The van der Waals surface area contributed by atoms with Gasteiger partial charge in [0.1, 0.15) is 24.9 Å². The molecule has 0 radical (unpaired) electrons. The third-order valence-electron chi connectivity index (χ3n) is 9.25. The molecule has 53 heavy (non-hydrogen) atoms. The van der Waals surface area contributed by atoms with E-state index >= 15 is 8.78 Å². The molecule has 20 heteroatoms. The van der Waals surface area contributed by atoms with Gasteiger partial charge in [0, 0.05) is 43.9 Å². The summed E-state index contributed by atoms with van der Waals surface area (Å²) >= 11 is 0. The van der Waals surface area contributed by atoms with Gasteiger partial charge in [-0.2, -0.15) is 17.8 Å². The van der Waals surface area contributed by atoms with Crippen molar-refractivity contribution in [2.75, 3.05) is 33.3 Å². The molecular formula is C33H34F3N7O9S. The molecule has 3 aromatic rings. The minimum atomic E-state index is -4.85. The zero-order chi connectivity index (χ0) is 38.3. The van der Waals surface area contributed by atoms with E-state index in [1.165, 1.54) is 35.5 Å². The van der Waals surface area contributed by atoms with E-state index in [4.69, 9.17) is 4.74 Å². The summed E-state index contributed by atoms with van der Waals surface area (Å²) in [5.74, 6) is -6.80. The number of carbonyl (C=O) groups excluding carboxylic acids is 5. The summed E-state index contributed by atoms with van der Waals surface area (Å²) in [5.41, 5.74) is 0.873. The fourth-order valence-corrected chi connectivity index (χ4v) is 7.69. The zero-order valence-electron chi connectivity index (χ0n) is 28.4. The number of imide groups is 1. The van der Waals surface area contributed by atoms with Crippen molar-refractivity contribution in [3.63, 3.8) is 0 Å². The molecule has 5 amide bonds. The Morgan fingerprint density at radius 3 is 2.53 bits per heavy atom. The zero-order valence-corrected chi connectivity index (χ0v) is 29.2. The highest BCUT2D eigenvalue weighted by Gasteiger charge is 2.60. The molecule has 2 saturated heterocycles. The molecule has 0 saturated carbocycles. The van der Waals surface area contributed by atoms with Crippen molar-refractivity contribution in [1.29, 1.82) is 0 Å². The first-order chi connectivity index (χ1) is 25.1. The van der Waals surface area contributed by atoms with Crippen LogP contribution in [0, 0.1) is 5.82 Å². The number of benzene rings is 2. The van der Waals surface area contributed by atoms with E-state index in [1.54, 1.807) is 30.6 Å². The number of fused-ring (bicyclic) bond motifs is 2. The van der Waals surface area contributed by atoms with Gasteiger partial charge in [-0.15, -0.1) is 0 Å². The first-order valence-corrected chi connectivity index (χ1v) is 17.8. The van der Waals surface area contributed by atoms with E-state index in [9.17, 15) is 36.8 Å². The van der Waals surface area contributed by atoms with E-state index in [1.807, 2.05) is 0 Å². The molecule has 1 unspecified atom stereocenters. The Labute approximate surface area is 301 Å². The molecule has 1 spiro atoms. The van der Waals surface area contributed by atoms with Crippen molar-refractivity contribution in [2.45, 2.75) is 50.4 Å². The number of likely N-dealkylation sites (N-methyl/N-ethyl adjacent to an activating group) is 1. The number of aryl methyl sites for hydroxylation is 1. The van der Waals surface area contributed by atoms with Crippen LogP contribution in [0.4, 0.5) is 22.8 Å². The Hall–Kier alpha value is -5.50. The van der Waals surface area contributed by atoms with Gasteiger partial charge in [-0.3, -0.25) is 19.1 Å². The third kappa shape index (κ3) is 7.28. The number of nitrogens with one attached hydrogen (secondary N) is 2. The smallest absolute Gasteiger partial charge is 0.421 e. The Bertz CT molecular complexity index is 2080. The fourth-order valence-electron chi connectivity index (χ4n) is 6.61. The molecule has 2 atom stereocenters. The average molecular weight is 762 g/mol. The second kappa shape index (κ2) is 14.1. The van der Waals surface area contributed by atoms with Crippen molar-refractivity contribution >= 4 is 40.1 Å². The quantitative estimate of drug-likeness (QED) is 0.292. The van der Waals surface area contributed by atoms with Crippen molar-refractivity contribution in [3.8, 4) is 11.1 Å². The van der Waals surface area contributed by atoms with Crippen LogP contribution in [-0.4, -0.2) is 107 Å². The molecule has 1 aliphatic carbocycles. The first-order valence-electron chi connectivity index (χ1n) is 16.3. The number of alkyl halides is 2. The fraction of sp³-hybridized carbons (Fsp3) is 0.394. The molecule has 1 aromatic heterocycles. The van der Waals surface area contributed by atoms with E-state index in [0.29, 0.717) is 32.9 Å². The summed E-state index contributed by atoms with van der Waals surface area (Å²) in [5, 5.41) is 6.71. The van der Waals surface area contributed by atoms with Gasteiger partial charge < -0.3 is 19.7 Å². The van der Waals surface area contributed by atoms with E-state index in [-0.39, 0.29) is 35.3 Å². The molecular weight excluding hydrogens is 727 g/mol. The highest BCUT2D eigenvalue weighted by molar-refractivity contribution is 7.87. The number of rotatable bonds is 11. The first kappa shape index (κ1) is 37.3. The van der Waals surface area contributed by atoms with Gasteiger partial charge in [-0.25, -0.2) is 32.4 Å².